The van der Waals surface area contributed by atoms with E-state index in [1.165, 1.54) is 12.5 Å². The molecule has 1 atom stereocenters. The summed E-state index contributed by atoms with van der Waals surface area (Å²) in [6.45, 7) is 3.39. The first kappa shape index (κ1) is 15.0. The first-order valence-corrected chi connectivity index (χ1v) is 7.35. The van der Waals surface area contributed by atoms with Crippen LogP contribution in [0.5, 0.6) is 0 Å². The molecule has 1 N–H and O–H groups in total. The van der Waals surface area contributed by atoms with Gasteiger partial charge in [-0.3, -0.25) is 4.79 Å². The van der Waals surface area contributed by atoms with Crippen LogP contribution in [0.15, 0.2) is 18.2 Å². The Hall–Kier alpha value is -1.42. The number of nitrogens with zero attached hydrogens (tertiary/aromatic N) is 1. The van der Waals surface area contributed by atoms with Gasteiger partial charge in [0.2, 0.25) is 0 Å². The molecule has 110 valence electrons. The van der Waals surface area contributed by atoms with E-state index in [2.05, 4.69) is 5.32 Å². The van der Waals surface area contributed by atoms with Gasteiger partial charge in [0.25, 0.3) is 5.91 Å². The van der Waals surface area contributed by atoms with Crippen LogP contribution in [0.25, 0.3) is 0 Å². The topological polar surface area (TPSA) is 32.3 Å². The van der Waals surface area contributed by atoms with Crippen LogP contribution in [0.4, 0.5) is 4.39 Å². The zero-order valence-corrected chi connectivity index (χ0v) is 12.3. The number of aryl methyl sites for hydroxylation is 1. The summed E-state index contributed by atoms with van der Waals surface area (Å²) in [5, 5.41) is 3.13. The minimum atomic E-state index is -0.306. The van der Waals surface area contributed by atoms with Crippen molar-refractivity contribution in [1.82, 2.24) is 10.2 Å². The van der Waals surface area contributed by atoms with Crippen LogP contribution in [-0.4, -0.2) is 37.0 Å². The Balaban J connectivity index is 2.14. The summed E-state index contributed by atoms with van der Waals surface area (Å²) in [5.41, 5.74) is 1.04. The normalized spacial score (nSPS) is 19.1. The predicted molar refractivity (Wildman–Crippen MR) is 78.4 cm³/mol. The van der Waals surface area contributed by atoms with E-state index in [0.717, 1.165) is 32.4 Å². The van der Waals surface area contributed by atoms with Crippen molar-refractivity contribution >= 4 is 5.91 Å². The second-order valence-electron chi connectivity index (χ2n) is 5.50. The molecule has 0 saturated carbocycles. The summed E-state index contributed by atoms with van der Waals surface area (Å²) < 4.78 is 13.6. The van der Waals surface area contributed by atoms with Gasteiger partial charge in [-0.15, -0.1) is 0 Å². The van der Waals surface area contributed by atoms with Crippen molar-refractivity contribution in [2.75, 3.05) is 20.1 Å². The molecule has 1 aliphatic rings. The average molecular weight is 278 g/mol. The van der Waals surface area contributed by atoms with Crippen LogP contribution >= 0.6 is 0 Å². The van der Waals surface area contributed by atoms with E-state index >= 15 is 0 Å². The van der Waals surface area contributed by atoms with E-state index in [1.54, 1.807) is 19.1 Å². The van der Waals surface area contributed by atoms with E-state index in [1.807, 2.05) is 11.9 Å². The Labute approximate surface area is 120 Å². The molecule has 1 unspecified atom stereocenters. The number of rotatable bonds is 4. The Kier molecular flexibility index (Phi) is 5.12. The summed E-state index contributed by atoms with van der Waals surface area (Å²) in [5.74, 6) is -0.343. The molecule has 20 heavy (non-hydrogen) atoms. The van der Waals surface area contributed by atoms with Crippen LogP contribution in [-0.2, 0) is 0 Å². The van der Waals surface area contributed by atoms with Gasteiger partial charge in [-0.1, -0.05) is 6.07 Å². The van der Waals surface area contributed by atoms with Crippen molar-refractivity contribution in [2.24, 2.45) is 0 Å². The maximum absolute atomic E-state index is 13.6. The Bertz CT molecular complexity index is 476. The maximum atomic E-state index is 13.6. The molecule has 0 spiro atoms. The summed E-state index contributed by atoms with van der Waals surface area (Å²) >= 11 is 0. The van der Waals surface area contributed by atoms with Crippen LogP contribution in [0.1, 0.15) is 41.6 Å². The Morgan fingerprint density at radius 2 is 2.25 bits per heavy atom. The molecule has 2 rings (SSSR count). The molecule has 0 aliphatic carbocycles. The molecule has 1 fully saturated rings. The highest BCUT2D eigenvalue weighted by molar-refractivity contribution is 5.94. The van der Waals surface area contributed by atoms with Gasteiger partial charge in [-0.05, 0) is 63.9 Å². The summed E-state index contributed by atoms with van der Waals surface area (Å²) in [7, 11) is 1.92. The van der Waals surface area contributed by atoms with Gasteiger partial charge < -0.3 is 10.2 Å². The number of carbonyl (C=O) groups is 1. The number of nitrogens with one attached hydrogen (secondary N) is 1. The number of benzene rings is 1. The van der Waals surface area contributed by atoms with E-state index in [0.29, 0.717) is 11.1 Å². The van der Waals surface area contributed by atoms with Gasteiger partial charge >= 0.3 is 0 Å². The van der Waals surface area contributed by atoms with E-state index in [4.69, 9.17) is 0 Å². The van der Waals surface area contributed by atoms with Crippen molar-refractivity contribution in [3.63, 3.8) is 0 Å². The van der Waals surface area contributed by atoms with Crippen molar-refractivity contribution in [3.05, 3.63) is 35.1 Å². The fourth-order valence-electron chi connectivity index (χ4n) is 2.77. The van der Waals surface area contributed by atoms with Crippen molar-refractivity contribution in [2.45, 2.75) is 38.6 Å². The molecule has 1 amide bonds. The van der Waals surface area contributed by atoms with E-state index in [-0.39, 0.29) is 17.8 Å². The van der Waals surface area contributed by atoms with Crippen molar-refractivity contribution in [1.29, 1.82) is 0 Å². The molecule has 1 aromatic rings. The smallest absolute Gasteiger partial charge is 0.254 e. The fraction of sp³-hybridized carbons (Fsp3) is 0.562. The average Bonchev–Trinajstić information content (AvgIpc) is 2.47. The zero-order chi connectivity index (χ0) is 14.5. The van der Waals surface area contributed by atoms with Crippen LogP contribution < -0.4 is 5.32 Å². The maximum Gasteiger partial charge on any atom is 0.254 e. The van der Waals surface area contributed by atoms with Crippen LogP contribution in [0.3, 0.4) is 0 Å². The first-order valence-electron chi connectivity index (χ1n) is 7.35. The van der Waals surface area contributed by atoms with E-state index in [9.17, 15) is 9.18 Å². The molecule has 0 bridgehead atoms. The minimum Gasteiger partial charge on any atom is -0.336 e. The second-order valence-corrected chi connectivity index (χ2v) is 5.50. The van der Waals surface area contributed by atoms with Gasteiger partial charge in [0.15, 0.2) is 0 Å². The highest BCUT2D eigenvalue weighted by Crippen LogP contribution is 2.22. The standard InChI is InChI=1S/C16H23FN2O/c1-12-6-7-13(11-15(12)17)16(20)19-10-4-3-5-14(19)8-9-18-2/h6-7,11,14,18H,3-5,8-10H2,1-2H3. The Morgan fingerprint density at radius 3 is 2.95 bits per heavy atom. The van der Waals surface area contributed by atoms with E-state index < -0.39 is 0 Å². The fourth-order valence-corrected chi connectivity index (χ4v) is 2.77. The summed E-state index contributed by atoms with van der Waals surface area (Å²) in [6, 6.07) is 5.04. The van der Waals surface area contributed by atoms with Gasteiger partial charge in [0, 0.05) is 18.2 Å². The molecular weight excluding hydrogens is 255 g/mol. The number of piperidine rings is 1. The van der Waals surface area contributed by atoms with Gasteiger partial charge in [0.05, 0.1) is 0 Å². The third-order valence-corrected chi connectivity index (χ3v) is 4.03. The lowest BCUT2D eigenvalue weighted by Gasteiger charge is -2.36. The van der Waals surface area contributed by atoms with Crippen LogP contribution in [0, 0.1) is 12.7 Å². The first-order chi connectivity index (χ1) is 9.63. The molecule has 0 aromatic heterocycles. The monoisotopic (exact) mass is 278 g/mol. The molecule has 4 heteroatoms. The number of likely N-dealkylation sites (tertiary alicyclic amines) is 1. The molecule has 1 heterocycles. The second kappa shape index (κ2) is 6.84. The molecule has 1 aliphatic heterocycles. The molecular formula is C16H23FN2O. The number of amides is 1. The largest absolute Gasteiger partial charge is 0.336 e. The molecule has 1 saturated heterocycles. The molecule has 3 nitrogen and oxygen atoms in total. The highest BCUT2D eigenvalue weighted by atomic mass is 19.1. The third kappa shape index (κ3) is 3.37. The van der Waals surface area contributed by atoms with Crippen molar-refractivity contribution < 1.29 is 9.18 Å². The molecule has 0 radical (unpaired) electrons. The molecule has 1 aromatic carbocycles. The zero-order valence-electron chi connectivity index (χ0n) is 12.3. The van der Waals surface area contributed by atoms with Crippen LogP contribution in [0.2, 0.25) is 0 Å². The van der Waals surface area contributed by atoms with Gasteiger partial charge in [-0.2, -0.15) is 0 Å². The number of carbonyl (C=O) groups excluding carboxylic acids is 1. The minimum absolute atomic E-state index is 0.0373. The summed E-state index contributed by atoms with van der Waals surface area (Å²) in [6.07, 6.45) is 4.20. The van der Waals surface area contributed by atoms with Gasteiger partial charge in [0.1, 0.15) is 5.82 Å². The predicted octanol–water partition coefficient (Wildman–Crippen LogP) is 2.74. The lowest BCUT2D eigenvalue weighted by Crippen LogP contribution is -2.44. The third-order valence-electron chi connectivity index (χ3n) is 4.03. The SMILES string of the molecule is CNCCC1CCCCN1C(=O)c1ccc(C)c(F)c1. The Morgan fingerprint density at radius 1 is 1.45 bits per heavy atom. The van der Waals surface area contributed by atoms with Gasteiger partial charge in [-0.25, -0.2) is 4.39 Å². The lowest BCUT2D eigenvalue weighted by atomic mass is 9.98. The quantitative estimate of drug-likeness (QED) is 0.918. The highest BCUT2D eigenvalue weighted by Gasteiger charge is 2.27. The number of halogens is 1. The number of hydrogen-bond donors (Lipinski definition) is 1. The van der Waals surface area contributed by atoms with Crippen molar-refractivity contribution in [3.8, 4) is 0 Å². The number of hydrogen-bond acceptors (Lipinski definition) is 2. The lowest BCUT2D eigenvalue weighted by molar-refractivity contribution is 0.0602. The summed E-state index contributed by atoms with van der Waals surface area (Å²) in [4.78, 5) is 14.5.